The molecular weight excluding hydrogens is 146 g/mol. The lowest BCUT2D eigenvalue weighted by atomic mass is 10.9. The van der Waals surface area contributed by atoms with Gasteiger partial charge in [0.15, 0.2) is 0 Å². The van der Waals surface area contributed by atoms with Gasteiger partial charge in [0, 0.05) is 6.72 Å². The summed E-state index contributed by atoms with van der Waals surface area (Å²) < 4.78 is 24.2. The maximum absolute atomic E-state index is 10.2. The van der Waals surface area contributed by atoms with E-state index in [1.807, 2.05) is 0 Å². The minimum Gasteiger partial charge on any atom is -0.302 e. The van der Waals surface area contributed by atoms with Gasteiger partial charge in [0.2, 0.25) is 0 Å². The van der Waals surface area contributed by atoms with Crippen LogP contribution in [0.15, 0.2) is 5.16 Å². The van der Waals surface area contributed by atoms with Gasteiger partial charge in [-0.3, -0.25) is 4.28 Å². The first kappa shape index (κ1) is 8.09. The summed E-state index contributed by atoms with van der Waals surface area (Å²) in [6.07, 6.45) is 0.209. The Hall–Kier alpha value is -0.910. The first-order valence-corrected chi connectivity index (χ1v) is 3.51. The van der Waals surface area contributed by atoms with Crippen molar-refractivity contribution in [3.8, 4) is 0 Å². The molecular formula is C3H5NO4S. The Balaban J connectivity index is 4.03. The third-order valence-electron chi connectivity index (χ3n) is 0.438. The highest BCUT2D eigenvalue weighted by Crippen LogP contribution is 1.88. The van der Waals surface area contributed by atoms with E-state index in [0.29, 0.717) is 0 Å². The van der Waals surface area contributed by atoms with Gasteiger partial charge in [-0.2, -0.15) is 8.42 Å². The molecule has 0 N–H and O–H groups in total. The number of rotatable bonds is 4. The Labute approximate surface area is 52.4 Å². The maximum Gasteiger partial charge on any atom is 0.335 e. The molecule has 6 heteroatoms. The Morgan fingerprint density at radius 3 is 2.56 bits per heavy atom. The molecule has 5 nitrogen and oxygen atoms in total. The van der Waals surface area contributed by atoms with Crippen LogP contribution >= 0.6 is 0 Å². The smallest absolute Gasteiger partial charge is 0.302 e. The van der Waals surface area contributed by atoms with Gasteiger partial charge in [-0.15, -0.1) is 0 Å². The number of nitrogens with zero attached hydrogens (tertiary/aromatic N) is 1. The molecule has 0 bridgehead atoms. The van der Waals surface area contributed by atoms with Gasteiger partial charge < -0.3 is 4.79 Å². The molecule has 0 aliphatic rings. The minimum atomic E-state index is -3.78. The van der Waals surface area contributed by atoms with E-state index in [9.17, 15) is 13.2 Å². The fourth-order valence-corrected chi connectivity index (χ4v) is 0.582. The standard InChI is InChI=1S/C3H5NO4S/c1-4-8-9(6,7)3-2-5/h2H,1,3H2. The molecule has 0 aromatic rings. The van der Waals surface area contributed by atoms with Gasteiger partial charge in [0.25, 0.3) is 0 Å². The lowest BCUT2D eigenvalue weighted by molar-refractivity contribution is -0.105. The second kappa shape index (κ2) is 3.18. The first-order valence-electron chi connectivity index (χ1n) is 1.93. The monoisotopic (exact) mass is 151 g/mol. The van der Waals surface area contributed by atoms with E-state index in [4.69, 9.17) is 0 Å². The van der Waals surface area contributed by atoms with Crippen molar-refractivity contribution in [2.24, 2.45) is 5.16 Å². The highest BCUT2D eigenvalue weighted by molar-refractivity contribution is 7.87. The summed E-state index contributed by atoms with van der Waals surface area (Å²) in [6, 6.07) is 0. The van der Waals surface area contributed by atoms with Crippen molar-refractivity contribution in [3.63, 3.8) is 0 Å². The van der Waals surface area contributed by atoms with Crippen molar-refractivity contribution in [2.45, 2.75) is 0 Å². The van der Waals surface area contributed by atoms with Gasteiger partial charge in [-0.25, -0.2) is 0 Å². The van der Waals surface area contributed by atoms with Crippen LogP contribution in [0.1, 0.15) is 0 Å². The molecule has 0 heterocycles. The van der Waals surface area contributed by atoms with Gasteiger partial charge in [0.1, 0.15) is 12.0 Å². The molecule has 0 aromatic carbocycles. The van der Waals surface area contributed by atoms with Crippen molar-refractivity contribution in [1.29, 1.82) is 0 Å². The van der Waals surface area contributed by atoms with Crippen LogP contribution in [0.5, 0.6) is 0 Å². The third kappa shape index (κ3) is 3.65. The van der Waals surface area contributed by atoms with Gasteiger partial charge in [-0.05, 0) is 0 Å². The number of carbonyl (C=O) groups is 1. The number of hydrogen-bond donors (Lipinski definition) is 0. The molecule has 0 spiro atoms. The Kier molecular flexibility index (Phi) is 2.86. The third-order valence-corrected chi connectivity index (χ3v) is 1.32. The van der Waals surface area contributed by atoms with Crippen molar-refractivity contribution in [3.05, 3.63) is 0 Å². The summed E-state index contributed by atoms with van der Waals surface area (Å²) >= 11 is 0. The summed E-state index contributed by atoms with van der Waals surface area (Å²) in [7, 11) is -3.78. The highest BCUT2D eigenvalue weighted by Gasteiger charge is 2.07. The second-order valence-corrected chi connectivity index (χ2v) is 2.69. The zero-order chi connectivity index (χ0) is 7.33. The molecule has 0 unspecified atom stereocenters. The van der Waals surface area contributed by atoms with Crippen LogP contribution in [-0.2, 0) is 19.2 Å². The van der Waals surface area contributed by atoms with Crippen LogP contribution in [0.2, 0.25) is 0 Å². The predicted octanol–water partition coefficient (Wildman–Crippen LogP) is -0.853. The average molecular weight is 151 g/mol. The van der Waals surface area contributed by atoms with E-state index in [1.54, 1.807) is 0 Å². The molecule has 0 saturated heterocycles. The number of carbonyl (C=O) groups excluding carboxylic acids is 1. The maximum atomic E-state index is 10.2. The lowest BCUT2D eigenvalue weighted by Crippen LogP contribution is -2.07. The van der Waals surface area contributed by atoms with Crippen LogP contribution < -0.4 is 0 Å². The number of hydrogen-bond acceptors (Lipinski definition) is 5. The molecule has 0 amide bonds. The quantitative estimate of drug-likeness (QED) is 0.298. The Bertz CT molecular complexity index is 178. The van der Waals surface area contributed by atoms with E-state index in [0.717, 1.165) is 0 Å². The van der Waals surface area contributed by atoms with Crippen LogP contribution in [0.3, 0.4) is 0 Å². The fourth-order valence-electron chi connectivity index (χ4n) is 0.194. The van der Waals surface area contributed by atoms with Gasteiger partial charge in [0.05, 0.1) is 0 Å². The topological polar surface area (TPSA) is 72.8 Å². The minimum absolute atomic E-state index is 0.209. The Morgan fingerprint density at radius 2 is 2.22 bits per heavy atom. The fraction of sp³-hybridized carbons (Fsp3) is 0.333. The molecule has 0 fully saturated rings. The summed E-state index contributed by atoms with van der Waals surface area (Å²) in [5.41, 5.74) is 0. The Morgan fingerprint density at radius 1 is 1.67 bits per heavy atom. The summed E-state index contributed by atoms with van der Waals surface area (Å²) in [5, 5.41) is 2.63. The normalized spacial score (nSPS) is 10.2. The van der Waals surface area contributed by atoms with E-state index < -0.39 is 15.9 Å². The van der Waals surface area contributed by atoms with Crippen LogP contribution in [0.4, 0.5) is 0 Å². The average Bonchev–Trinajstić information content (AvgIpc) is 1.64. The lowest BCUT2D eigenvalue weighted by Gasteiger charge is -1.91. The summed E-state index contributed by atoms with van der Waals surface area (Å²) in [5.74, 6) is -0.688. The van der Waals surface area contributed by atoms with Gasteiger partial charge in [-0.1, -0.05) is 5.16 Å². The van der Waals surface area contributed by atoms with Crippen LogP contribution in [-0.4, -0.2) is 27.2 Å². The van der Waals surface area contributed by atoms with Crippen molar-refractivity contribution in [2.75, 3.05) is 5.75 Å². The van der Waals surface area contributed by atoms with E-state index >= 15 is 0 Å². The molecule has 52 valence electrons. The van der Waals surface area contributed by atoms with Crippen molar-refractivity contribution in [1.82, 2.24) is 0 Å². The van der Waals surface area contributed by atoms with E-state index in [2.05, 4.69) is 16.2 Å². The van der Waals surface area contributed by atoms with Crippen LogP contribution in [0.25, 0.3) is 0 Å². The predicted molar refractivity (Wildman–Crippen MR) is 30.5 cm³/mol. The zero-order valence-electron chi connectivity index (χ0n) is 4.48. The molecule has 9 heavy (non-hydrogen) atoms. The van der Waals surface area contributed by atoms with Crippen molar-refractivity contribution >= 4 is 23.1 Å². The first-order chi connectivity index (χ1) is 4.12. The van der Waals surface area contributed by atoms with E-state index in [1.165, 1.54) is 0 Å². The summed E-state index contributed by atoms with van der Waals surface area (Å²) in [4.78, 5) is 9.57. The molecule has 0 aromatic heterocycles. The number of aldehydes is 1. The molecule has 0 aliphatic heterocycles. The number of oxime groups is 1. The van der Waals surface area contributed by atoms with Crippen LogP contribution in [0, 0.1) is 0 Å². The second-order valence-electron chi connectivity index (χ2n) is 1.09. The molecule has 0 saturated carbocycles. The largest absolute Gasteiger partial charge is 0.335 e. The molecule has 0 radical (unpaired) electrons. The van der Waals surface area contributed by atoms with Crippen molar-refractivity contribution < 1.29 is 17.5 Å². The molecule has 0 atom stereocenters. The SMILES string of the molecule is C=NOS(=O)(=O)CC=O. The highest BCUT2D eigenvalue weighted by atomic mass is 32.2. The van der Waals surface area contributed by atoms with Gasteiger partial charge >= 0.3 is 10.1 Å². The summed E-state index contributed by atoms with van der Waals surface area (Å²) in [6.45, 7) is 2.76. The molecule has 0 aliphatic carbocycles. The zero-order valence-corrected chi connectivity index (χ0v) is 5.30. The van der Waals surface area contributed by atoms with E-state index in [-0.39, 0.29) is 6.29 Å². The molecule has 0 rings (SSSR count).